The van der Waals surface area contributed by atoms with E-state index in [1.807, 2.05) is 22.2 Å². The van der Waals surface area contributed by atoms with E-state index >= 15 is 0 Å². The van der Waals surface area contributed by atoms with Crippen molar-refractivity contribution in [3.8, 4) is 0 Å². The first-order valence-corrected chi connectivity index (χ1v) is 8.64. The van der Waals surface area contributed by atoms with Gasteiger partial charge in [0.05, 0.1) is 22.4 Å². The molecule has 1 aliphatic carbocycles. The van der Waals surface area contributed by atoms with Gasteiger partial charge in [-0.3, -0.25) is 10.5 Å². The Bertz CT molecular complexity index is 583. The first kappa shape index (κ1) is 14.3. The summed E-state index contributed by atoms with van der Waals surface area (Å²) in [6.07, 6.45) is 6.63. The molecular formula is C14H19BrN4S. The fraction of sp³-hybridized carbons (Fsp3) is 0.500. The zero-order chi connectivity index (χ0) is 14.1. The van der Waals surface area contributed by atoms with Gasteiger partial charge in [-0.2, -0.15) is 5.10 Å². The number of hydrogen-bond donors (Lipinski definition) is 2. The maximum atomic E-state index is 5.84. The average molecular weight is 355 g/mol. The summed E-state index contributed by atoms with van der Waals surface area (Å²) in [5.74, 6) is 5.84. The minimum absolute atomic E-state index is 0.00836. The molecule has 2 heterocycles. The molecule has 1 atom stereocenters. The number of aryl methyl sites for hydroxylation is 3. The van der Waals surface area contributed by atoms with Crippen molar-refractivity contribution in [2.24, 2.45) is 5.84 Å². The second-order valence-electron chi connectivity index (χ2n) is 5.15. The van der Waals surface area contributed by atoms with Crippen LogP contribution < -0.4 is 11.3 Å². The van der Waals surface area contributed by atoms with Crippen LogP contribution in [-0.4, -0.2) is 9.78 Å². The van der Waals surface area contributed by atoms with Gasteiger partial charge in [-0.05, 0) is 53.2 Å². The van der Waals surface area contributed by atoms with Crippen LogP contribution in [0.2, 0.25) is 0 Å². The molecule has 2 aromatic rings. The molecule has 0 bridgehead atoms. The summed E-state index contributed by atoms with van der Waals surface area (Å²) < 4.78 is 3.06. The van der Waals surface area contributed by atoms with Crippen LogP contribution in [0.3, 0.4) is 0 Å². The summed E-state index contributed by atoms with van der Waals surface area (Å²) in [4.78, 5) is 2.81. The molecule has 4 nitrogen and oxygen atoms in total. The molecule has 0 saturated heterocycles. The molecule has 3 rings (SSSR count). The van der Waals surface area contributed by atoms with Gasteiger partial charge in [0.25, 0.3) is 0 Å². The lowest BCUT2D eigenvalue weighted by atomic mass is 10.1. The number of nitrogens with two attached hydrogens (primary N) is 1. The van der Waals surface area contributed by atoms with E-state index in [0.717, 1.165) is 23.1 Å². The Balaban J connectivity index is 1.98. The Morgan fingerprint density at radius 2 is 2.40 bits per heavy atom. The van der Waals surface area contributed by atoms with Crippen LogP contribution >= 0.6 is 27.3 Å². The van der Waals surface area contributed by atoms with E-state index in [2.05, 4.69) is 39.4 Å². The fourth-order valence-electron chi connectivity index (χ4n) is 2.84. The van der Waals surface area contributed by atoms with Crippen molar-refractivity contribution < 1.29 is 0 Å². The highest BCUT2D eigenvalue weighted by atomic mass is 79.9. The Hall–Kier alpha value is -0.690. The van der Waals surface area contributed by atoms with Crippen LogP contribution in [0.15, 0.2) is 16.7 Å². The summed E-state index contributed by atoms with van der Waals surface area (Å²) >= 11 is 5.49. The molecule has 0 amide bonds. The maximum Gasteiger partial charge on any atom is 0.0981 e. The minimum atomic E-state index is 0.00836. The number of hydrogen-bond acceptors (Lipinski definition) is 4. The van der Waals surface area contributed by atoms with Gasteiger partial charge in [0.1, 0.15) is 0 Å². The third kappa shape index (κ3) is 2.45. The summed E-state index contributed by atoms with van der Waals surface area (Å²) in [7, 11) is 0. The highest BCUT2D eigenvalue weighted by molar-refractivity contribution is 9.10. The van der Waals surface area contributed by atoms with E-state index in [1.165, 1.54) is 34.6 Å². The van der Waals surface area contributed by atoms with E-state index in [0.29, 0.717) is 0 Å². The number of thiophene rings is 1. The van der Waals surface area contributed by atoms with Crippen LogP contribution in [0.4, 0.5) is 0 Å². The zero-order valence-corrected chi connectivity index (χ0v) is 13.9. The number of nitrogens with zero attached hydrogens (tertiary/aromatic N) is 2. The van der Waals surface area contributed by atoms with Crippen LogP contribution in [0.25, 0.3) is 0 Å². The Labute approximate surface area is 131 Å². The number of halogens is 1. The number of aromatic nitrogens is 2. The molecule has 20 heavy (non-hydrogen) atoms. The van der Waals surface area contributed by atoms with Crippen molar-refractivity contribution in [2.45, 2.75) is 45.2 Å². The van der Waals surface area contributed by atoms with Crippen molar-refractivity contribution in [3.63, 3.8) is 0 Å². The van der Waals surface area contributed by atoms with Gasteiger partial charge in [0.2, 0.25) is 0 Å². The first-order valence-electron chi connectivity index (χ1n) is 7.03. The Morgan fingerprint density at radius 3 is 3.10 bits per heavy atom. The van der Waals surface area contributed by atoms with Crippen molar-refractivity contribution in [1.29, 1.82) is 0 Å². The van der Waals surface area contributed by atoms with Crippen LogP contribution in [0.5, 0.6) is 0 Å². The highest BCUT2D eigenvalue weighted by Gasteiger charge is 2.25. The van der Waals surface area contributed by atoms with Crippen molar-refractivity contribution in [3.05, 3.63) is 37.7 Å². The summed E-state index contributed by atoms with van der Waals surface area (Å²) in [6.45, 7) is 3.06. The van der Waals surface area contributed by atoms with Gasteiger partial charge in [0, 0.05) is 16.3 Å². The monoisotopic (exact) mass is 354 g/mol. The Kier molecular flexibility index (Phi) is 4.26. The SMILES string of the molecule is CCCn1ncc(Br)c1C(NN)c1cc2c(s1)CCC2. The average Bonchev–Trinajstić information content (AvgIpc) is 3.09. The lowest BCUT2D eigenvalue weighted by Crippen LogP contribution is -2.30. The lowest BCUT2D eigenvalue weighted by Gasteiger charge is -2.17. The molecule has 0 fully saturated rings. The van der Waals surface area contributed by atoms with Gasteiger partial charge in [-0.15, -0.1) is 11.3 Å². The number of hydrazine groups is 1. The normalized spacial score (nSPS) is 15.6. The zero-order valence-electron chi connectivity index (χ0n) is 11.5. The van der Waals surface area contributed by atoms with E-state index in [-0.39, 0.29) is 6.04 Å². The van der Waals surface area contributed by atoms with E-state index < -0.39 is 0 Å². The topological polar surface area (TPSA) is 55.9 Å². The van der Waals surface area contributed by atoms with Gasteiger partial charge in [-0.25, -0.2) is 5.43 Å². The summed E-state index contributed by atoms with van der Waals surface area (Å²) in [5, 5.41) is 4.44. The first-order chi connectivity index (χ1) is 9.74. The van der Waals surface area contributed by atoms with Crippen LogP contribution in [-0.2, 0) is 19.4 Å². The predicted molar refractivity (Wildman–Crippen MR) is 85.7 cm³/mol. The molecule has 6 heteroatoms. The second-order valence-corrected chi connectivity index (χ2v) is 7.17. The van der Waals surface area contributed by atoms with E-state index in [1.54, 1.807) is 0 Å². The van der Waals surface area contributed by atoms with E-state index in [4.69, 9.17) is 5.84 Å². The molecule has 3 N–H and O–H groups in total. The number of nitrogens with one attached hydrogen (secondary N) is 1. The highest BCUT2D eigenvalue weighted by Crippen LogP contribution is 2.37. The smallest absolute Gasteiger partial charge is 0.0981 e. The third-order valence-electron chi connectivity index (χ3n) is 3.76. The van der Waals surface area contributed by atoms with Gasteiger partial charge in [-0.1, -0.05) is 6.92 Å². The van der Waals surface area contributed by atoms with E-state index in [9.17, 15) is 0 Å². The molecule has 1 aliphatic rings. The molecule has 108 valence electrons. The van der Waals surface area contributed by atoms with Gasteiger partial charge < -0.3 is 0 Å². The lowest BCUT2D eigenvalue weighted by molar-refractivity contribution is 0.523. The summed E-state index contributed by atoms with van der Waals surface area (Å²) in [6, 6.07) is 2.32. The van der Waals surface area contributed by atoms with Gasteiger partial charge in [0.15, 0.2) is 0 Å². The van der Waals surface area contributed by atoms with Crippen LogP contribution in [0.1, 0.15) is 46.8 Å². The van der Waals surface area contributed by atoms with Crippen LogP contribution in [0, 0.1) is 0 Å². The molecule has 0 radical (unpaired) electrons. The van der Waals surface area contributed by atoms with Crippen molar-refractivity contribution >= 4 is 27.3 Å². The molecule has 1 unspecified atom stereocenters. The third-order valence-corrected chi connectivity index (χ3v) is 5.67. The predicted octanol–water partition coefficient (Wildman–Crippen LogP) is 3.16. The molecule has 2 aromatic heterocycles. The molecule has 0 aromatic carbocycles. The van der Waals surface area contributed by atoms with Crippen molar-refractivity contribution in [2.75, 3.05) is 0 Å². The van der Waals surface area contributed by atoms with Gasteiger partial charge >= 0.3 is 0 Å². The Morgan fingerprint density at radius 1 is 1.55 bits per heavy atom. The molecular weight excluding hydrogens is 336 g/mol. The number of rotatable bonds is 5. The molecule has 0 aliphatic heterocycles. The fourth-order valence-corrected chi connectivity index (χ4v) is 4.69. The summed E-state index contributed by atoms with van der Waals surface area (Å²) in [5.41, 5.74) is 5.59. The minimum Gasteiger partial charge on any atom is -0.270 e. The molecule has 0 spiro atoms. The largest absolute Gasteiger partial charge is 0.270 e. The maximum absolute atomic E-state index is 5.84. The molecule has 0 saturated carbocycles. The number of fused-ring (bicyclic) bond motifs is 1. The second kappa shape index (κ2) is 5.97. The quantitative estimate of drug-likeness (QED) is 0.640. The standard InChI is InChI=1S/C14H19BrN4S/c1-2-6-19-14(10(15)8-17-19)13(18-16)12-7-9-4-3-5-11(9)20-12/h7-8,13,18H,2-6,16H2,1H3. The van der Waals surface area contributed by atoms with Crippen molar-refractivity contribution in [1.82, 2.24) is 15.2 Å².